The molecule has 7 heteroatoms. The number of nitrogens with one attached hydrogen (secondary N) is 2. The summed E-state index contributed by atoms with van der Waals surface area (Å²) in [6.45, 7) is 3.43. The van der Waals surface area contributed by atoms with Gasteiger partial charge in [0.25, 0.3) is 5.91 Å². The number of esters is 1. The number of rotatable bonds is 5. The molecule has 30 heavy (non-hydrogen) atoms. The van der Waals surface area contributed by atoms with Crippen molar-refractivity contribution in [3.05, 3.63) is 36.4 Å². The Morgan fingerprint density at radius 3 is 2.53 bits per heavy atom. The molecule has 0 radical (unpaired) electrons. The van der Waals surface area contributed by atoms with Gasteiger partial charge in [0.2, 0.25) is 0 Å². The largest absolute Gasteiger partial charge is 0.495 e. The standard InChI is InChI=1S/C23H26N2O5/c1-14(25-10-8-15(9-11-25)23(27)29-3)22(26)24-18-13-20-17(12-21(18)28-2)16-6-4-5-7-19(16)30-20/h4-7,12-15H,8-11H2,1-3H3,(H,24,26)/p+1/t14-/m0/s1. The van der Waals surface area contributed by atoms with Crippen LogP contribution in [-0.2, 0) is 14.3 Å². The normalized spacial score (nSPS) is 20.1. The van der Waals surface area contributed by atoms with Crippen LogP contribution in [0.4, 0.5) is 5.69 Å². The first kappa shape index (κ1) is 20.2. The zero-order valence-electron chi connectivity index (χ0n) is 17.5. The van der Waals surface area contributed by atoms with Crippen molar-refractivity contribution in [2.75, 3.05) is 32.6 Å². The first-order valence-corrected chi connectivity index (χ1v) is 10.2. The number of likely N-dealkylation sites (tertiary alicyclic amines) is 1. The van der Waals surface area contributed by atoms with Gasteiger partial charge in [-0.05, 0) is 19.1 Å². The molecule has 1 fully saturated rings. The number of para-hydroxylation sites is 1. The molecule has 1 saturated heterocycles. The minimum Gasteiger partial charge on any atom is -0.495 e. The third-order valence-corrected chi connectivity index (χ3v) is 6.12. The van der Waals surface area contributed by atoms with Gasteiger partial charge in [0.15, 0.2) is 6.04 Å². The van der Waals surface area contributed by atoms with Crippen LogP contribution in [0.3, 0.4) is 0 Å². The van der Waals surface area contributed by atoms with E-state index in [0.29, 0.717) is 17.0 Å². The van der Waals surface area contributed by atoms with E-state index in [1.165, 1.54) is 7.11 Å². The summed E-state index contributed by atoms with van der Waals surface area (Å²) in [6.07, 6.45) is 1.46. The fourth-order valence-electron chi connectivity index (χ4n) is 4.27. The topological polar surface area (TPSA) is 82.2 Å². The Labute approximate surface area is 174 Å². The molecule has 0 saturated carbocycles. The highest BCUT2D eigenvalue weighted by atomic mass is 16.5. The van der Waals surface area contributed by atoms with Gasteiger partial charge in [0.05, 0.1) is 38.9 Å². The van der Waals surface area contributed by atoms with E-state index in [0.717, 1.165) is 47.2 Å². The zero-order valence-corrected chi connectivity index (χ0v) is 17.5. The molecule has 1 atom stereocenters. The predicted molar refractivity (Wildman–Crippen MR) is 114 cm³/mol. The van der Waals surface area contributed by atoms with Crippen LogP contribution in [0.2, 0.25) is 0 Å². The van der Waals surface area contributed by atoms with Crippen molar-refractivity contribution in [3.63, 3.8) is 0 Å². The van der Waals surface area contributed by atoms with E-state index < -0.39 is 0 Å². The number of fused-ring (bicyclic) bond motifs is 3. The van der Waals surface area contributed by atoms with Crippen molar-refractivity contribution in [3.8, 4) is 5.75 Å². The molecule has 2 heterocycles. The van der Waals surface area contributed by atoms with Crippen LogP contribution in [-0.4, -0.2) is 45.2 Å². The first-order chi connectivity index (χ1) is 14.5. The maximum absolute atomic E-state index is 12.9. The molecule has 2 N–H and O–H groups in total. The van der Waals surface area contributed by atoms with Crippen molar-refractivity contribution in [1.82, 2.24) is 0 Å². The van der Waals surface area contributed by atoms with E-state index in [-0.39, 0.29) is 23.8 Å². The van der Waals surface area contributed by atoms with Crippen LogP contribution in [0, 0.1) is 5.92 Å². The molecule has 0 bridgehead atoms. The maximum atomic E-state index is 12.9. The van der Waals surface area contributed by atoms with Crippen molar-refractivity contribution in [2.24, 2.45) is 5.92 Å². The molecule has 4 rings (SSSR count). The lowest BCUT2D eigenvalue weighted by molar-refractivity contribution is -0.919. The van der Waals surface area contributed by atoms with Crippen molar-refractivity contribution >= 4 is 39.5 Å². The third-order valence-electron chi connectivity index (χ3n) is 6.12. The quantitative estimate of drug-likeness (QED) is 0.630. The zero-order chi connectivity index (χ0) is 21.3. The number of carbonyl (C=O) groups excluding carboxylic acids is 2. The van der Waals surface area contributed by atoms with E-state index in [1.807, 2.05) is 43.3 Å². The Morgan fingerprint density at radius 1 is 1.10 bits per heavy atom. The van der Waals surface area contributed by atoms with Crippen molar-refractivity contribution in [1.29, 1.82) is 0 Å². The molecular weight excluding hydrogens is 384 g/mol. The summed E-state index contributed by atoms with van der Waals surface area (Å²) in [4.78, 5) is 25.8. The van der Waals surface area contributed by atoms with Crippen LogP contribution in [0.1, 0.15) is 19.8 Å². The lowest BCUT2D eigenvalue weighted by atomic mass is 9.96. The Bertz CT molecular complexity index is 1080. The molecule has 1 aliphatic rings. The second-order valence-electron chi connectivity index (χ2n) is 7.81. The van der Waals surface area contributed by atoms with Gasteiger partial charge in [-0.2, -0.15) is 0 Å². The van der Waals surface area contributed by atoms with Gasteiger partial charge in [-0.15, -0.1) is 0 Å². The Hall–Kier alpha value is -3.06. The fraction of sp³-hybridized carbons (Fsp3) is 0.391. The number of benzene rings is 2. The molecule has 0 spiro atoms. The number of hydrogen-bond donors (Lipinski definition) is 2. The second kappa shape index (κ2) is 8.36. The number of ether oxygens (including phenoxy) is 2. The summed E-state index contributed by atoms with van der Waals surface area (Å²) in [6, 6.07) is 11.3. The Morgan fingerprint density at radius 2 is 1.83 bits per heavy atom. The highest BCUT2D eigenvalue weighted by Crippen LogP contribution is 2.36. The molecule has 1 aromatic heterocycles. The second-order valence-corrected chi connectivity index (χ2v) is 7.81. The average Bonchev–Trinajstić information content (AvgIpc) is 3.14. The van der Waals surface area contributed by atoms with Crippen LogP contribution in [0.25, 0.3) is 21.9 Å². The molecule has 2 aromatic carbocycles. The monoisotopic (exact) mass is 411 g/mol. The minimum atomic E-state index is -0.250. The van der Waals surface area contributed by atoms with E-state index in [1.54, 1.807) is 7.11 Å². The number of furan rings is 1. The lowest BCUT2D eigenvalue weighted by Gasteiger charge is -2.31. The summed E-state index contributed by atoms with van der Waals surface area (Å²) in [7, 11) is 3.01. The first-order valence-electron chi connectivity index (χ1n) is 10.2. The van der Waals surface area contributed by atoms with E-state index in [9.17, 15) is 9.59 Å². The Balaban J connectivity index is 1.51. The molecular formula is C23H27N2O5+. The van der Waals surface area contributed by atoms with Crippen molar-refractivity contribution in [2.45, 2.75) is 25.8 Å². The van der Waals surface area contributed by atoms with Gasteiger partial charge < -0.3 is 24.1 Å². The summed E-state index contributed by atoms with van der Waals surface area (Å²) in [5, 5.41) is 4.96. The van der Waals surface area contributed by atoms with Crippen molar-refractivity contribution < 1.29 is 28.4 Å². The number of piperidine rings is 1. The van der Waals surface area contributed by atoms with Crippen LogP contribution in [0.5, 0.6) is 5.75 Å². The maximum Gasteiger partial charge on any atom is 0.309 e. The number of anilines is 1. The van der Waals surface area contributed by atoms with E-state index in [4.69, 9.17) is 13.9 Å². The summed E-state index contributed by atoms with van der Waals surface area (Å²) in [5.74, 6) is 0.281. The summed E-state index contributed by atoms with van der Waals surface area (Å²) in [5.41, 5.74) is 2.08. The highest BCUT2D eigenvalue weighted by molar-refractivity contribution is 6.08. The summed E-state index contributed by atoms with van der Waals surface area (Å²) < 4.78 is 16.3. The molecule has 158 valence electrons. The number of methoxy groups -OCH3 is 2. The predicted octanol–water partition coefficient (Wildman–Crippen LogP) is 2.39. The number of amides is 1. The Kier molecular flexibility index (Phi) is 5.63. The highest BCUT2D eigenvalue weighted by Gasteiger charge is 2.33. The van der Waals surface area contributed by atoms with Gasteiger partial charge in [-0.3, -0.25) is 9.59 Å². The van der Waals surface area contributed by atoms with Gasteiger partial charge in [-0.25, -0.2) is 0 Å². The average molecular weight is 411 g/mol. The van der Waals surface area contributed by atoms with Gasteiger partial charge in [0, 0.05) is 29.7 Å². The van der Waals surface area contributed by atoms with E-state index >= 15 is 0 Å². The van der Waals surface area contributed by atoms with Crippen LogP contribution in [0.15, 0.2) is 40.8 Å². The molecule has 7 nitrogen and oxygen atoms in total. The number of quaternary nitrogens is 1. The number of hydrogen-bond acceptors (Lipinski definition) is 5. The van der Waals surface area contributed by atoms with Gasteiger partial charge in [0.1, 0.15) is 16.9 Å². The lowest BCUT2D eigenvalue weighted by Crippen LogP contribution is -3.17. The van der Waals surface area contributed by atoms with E-state index in [2.05, 4.69) is 5.32 Å². The van der Waals surface area contributed by atoms with Gasteiger partial charge >= 0.3 is 5.97 Å². The smallest absolute Gasteiger partial charge is 0.309 e. The summed E-state index contributed by atoms with van der Waals surface area (Å²) >= 11 is 0. The molecule has 1 aliphatic heterocycles. The minimum absolute atomic E-state index is 0.0652. The van der Waals surface area contributed by atoms with Crippen LogP contribution < -0.4 is 15.0 Å². The fourth-order valence-corrected chi connectivity index (χ4v) is 4.27. The van der Waals surface area contributed by atoms with Gasteiger partial charge in [-0.1, -0.05) is 18.2 Å². The molecule has 3 aromatic rings. The third kappa shape index (κ3) is 3.73. The SMILES string of the molecule is COC(=O)C1CC[NH+]([C@@H](C)C(=O)Nc2cc3oc4ccccc4c3cc2OC)CC1. The molecule has 0 unspecified atom stereocenters. The molecule has 1 amide bonds. The number of carbonyl (C=O) groups is 2. The molecule has 0 aliphatic carbocycles. The van der Waals surface area contributed by atoms with Crippen LogP contribution >= 0.6 is 0 Å².